The van der Waals surface area contributed by atoms with E-state index in [9.17, 15) is 127 Å². The van der Waals surface area contributed by atoms with Crippen molar-refractivity contribution in [2.75, 3.05) is 39.6 Å². The third-order valence-electron chi connectivity index (χ3n) is 13.7. The van der Waals surface area contributed by atoms with Crippen LogP contribution in [0.25, 0.3) is 0 Å². The van der Waals surface area contributed by atoms with Crippen molar-refractivity contribution in [1.29, 1.82) is 0 Å². The SMILES string of the molecule is C=CC(=O)NCc1cn(CCC2OC(O)/C(O)=C(\O)C(CCO)OC(O)/C(O)=C(/O)C(CCO)OC3OC(CO)C(OC4OC(CO)C(OC(O)/C(O)=C(/O)C(CCO)OC5OC(CO)C(OC(O)C(O)=C2O)C(O)C5O)C(O)C4O)C(O)C3O)nn1. The molecule has 7 aliphatic heterocycles. The van der Waals surface area contributed by atoms with Crippen LogP contribution in [-0.2, 0) is 65.3 Å². The summed E-state index contributed by atoms with van der Waals surface area (Å²) in [5.41, 5.74) is 0.148. The second kappa shape index (κ2) is 33.5. The van der Waals surface area contributed by atoms with Gasteiger partial charge < -0.3 is 175 Å². The number of hydrogen-bond donors (Lipinski definition) is 25. The second-order valence-electron chi connectivity index (χ2n) is 19.6. The standard InChI is InChI=1S/C48H76N4O35/c1-2-24(59)49-11-16-12-52(51-50-16)7-3-17-25(60)34(69)44(76)85-39-21(13-56)82-46(36(71)29(39)64)81-20(6-10-55)28(63)35(70)45(77)86-40-22(14-57)84-48(38(73)30(40)65)87-41-23(15-58)83-47(37(72)31(41)66)80-19(5-9-54)27(62)33(68)43(75)79-18(4-8-53)26(61)32(67)42(74)78-17/h2,12,17-23,29-31,36-48,53-58,60-77H,1,3-11,13-15H2,(H,49,59)/b32-26+,33-27-,34-25?,35-28-. The van der Waals surface area contributed by atoms with Gasteiger partial charge in [0, 0.05) is 52.0 Å². The van der Waals surface area contributed by atoms with E-state index in [0.717, 1.165) is 10.8 Å². The molecule has 87 heavy (non-hydrogen) atoms. The smallest absolute Gasteiger partial charge is 0.243 e. The largest absolute Gasteiger partial charge is 0.506 e. The van der Waals surface area contributed by atoms with E-state index in [2.05, 4.69) is 22.2 Å². The van der Waals surface area contributed by atoms with E-state index in [-0.39, 0.29) is 12.2 Å². The van der Waals surface area contributed by atoms with Gasteiger partial charge in [-0.3, -0.25) is 9.48 Å². The quantitative estimate of drug-likeness (QED) is 0.0725. The monoisotopic (exact) mass is 1270 g/mol. The first-order chi connectivity index (χ1) is 41.2. The highest BCUT2D eigenvalue weighted by atomic mass is 16.8. The molecule has 39 heteroatoms. The fraction of sp³-hybridized carbons (Fsp3) is 0.729. The molecule has 8 rings (SSSR count). The lowest BCUT2D eigenvalue weighted by Gasteiger charge is -2.47. The first-order valence-corrected chi connectivity index (χ1v) is 26.5. The minimum atomic E-state index is -2.86. The van der Waals surface area contributed by atoms with Crippen molar-refractivity contribution in [1.82, 2.24) is 20.3 Å². The van der Waals surface area contributed by atoms with Crippen LogP contribution in [0.4, 0.5) is 0 Å². The number of aryl methyl sites for hydroxylation is 1. The summed E-state index contributed by atoms with van der Waals surface area (Å²) in [5.74, 6) is -12.9. The molecular formula is C48H76N4O35. The van der Waals surface area contributed by atoms with Gasteiger partial charge in [-0.1, -0.05) is 11.8 Å². The highest BCUT2D eigenvalue weighted by molar-refractivity contribution is 5.86. The van der Waals surface area contributed by atoms with Crippen LogP contribution in [0.2, 0.25) is 0 Å². The zero-order chi connectivity index (χ0) is 64.7. The number of aliphatic hydroxyl groups excluding tert-OH is 24. The molecule has 1 aromatic rings. The van der Waals surface area contributed by atoms with E-state index in [1.54, 1.807) is 0 Å². The molecule has 8 heterocycles. The predicted octanol–water partition coefficient (Wildman–Crippen LogP) is -8.77. The lowest BCUT2D eigenvalue weighted by Crippen LogP contribution is -2.65. The van der Waals surface area contributed by atoms with Crippen LogP contribution in [0.15, 0.2) is 64.9 Å². The van der Waals surface area contributed by atoms with Crippen LogP contribution >= 0.6 is 0 Å². The normalized spacial score (nSPS) is 40.6. The van der Waals surface area contributed by atoms with Crippen LogP contribution in [0.3, 0.4) is 0 Å². The third-order valence-corrected chi connectivity index (χ3v) is 13.7. The molecular weight excluding hydrogens is 1190 g/mol. The Bertz CT molecular complexity index is 2460. The lowest BCUT2D eigenvalue weighted by atomic mass is 9.96. The summed E-state index contributed by atoms with van der Waals surface area (Å²) in [5, 5.41) is 271. The molecule has 25 N–H and O–H groups in total. The number of aliphatic hydroxyl groups is 24. The minimum absolute atomic E-state index is 0.148. The number of nitrogens with one attached hydrogen (secondary N) is 1. The van der Waals surface area contributed by atoms with Gasteiger partial charge in [-0.25, -0.2) is 0 Å². The molecule has 1 amide bonds. The molecule has 0 saturated carbocycles. The maximum atomic E-state index is 11.7. The zero-order valence-corrected chi connectivity index (χ0v) is 45.7. The number of carbonyl (C=O) groups is 1. The Morgan fingerprint density at radius 2 is 0.770 bits per heavy atom. The summed E-state index contributed by atoms with van der Waals surface area (Å²) in [6.07, 6.45) is -52.9. The predicted molar refractivity (Wildman–Crippen MR) is 272 cm³/mol. The summed E-state index contributed by atoms with van der Waals surface area (Å²) in [4.78, 5) is 11.7. The van der Waals surface area contributed by atoms with Crippen molar-refractivity contribution in [3.05, 3.63) is 70.6 Å². The number of ether oxygens (including phenoxy) is 10. The average molecular weight is 1270 g/mol. The van der Waals surface area contributed by atoms with Gasteiger partial charge in [0.05, 0.1) is 32.6 Å². The Balaban J connectivity index is 1.57. The Labute approximate surface area is 490 Å². The summed E-state index contributed by atoms with van der Waals surface area (Å²) >= 11 is 0. The third kappa shape index (κ3) is 18.0. The van der Waals surface area contributed by atoms with E-state index in [0.29, 0.717) is 0 Å². The zero-order valence-electron chi connectivity index (χ0n) is 45.7. The highest BCUT2D eigenvalue weighted by Crippen LogP contribution is 2.35. The molecule has 6 bridgehead atoms. The molecule has 39 nitrogen and oxygen atoms in total. The molecule has 1 aromatic heterocycles. The van der Waals surface area contributed by atoms with Gasteiger partial charge in [0.2, 0.25) is 31.1 Å². The lowest BCUT2D eigenvalue weighted by molar-refractivity contribution is -0.368. The topological polar surface area (TPSA) is 638 Å². The second-order valence-corrected chi connectivity index (χ2v) is 19.6. The molecule has 23 unspecified atom stereocenters. The molecule has 3 fully saturated rings. The fourth-order valence-electron chi connectivity index (χ4n) is 8.97. The fourth-order valence-corrected chi connectivity index (χ4v) is 8.97. The van der Waals surface area contributed by atoms with E-state index in [1.165, 1.54) is 6.20 Å². The van der Waals surface area contributed by atoms with E-state index in [1.807, 2.05) is 0 Å². The summed E-state index contributed by atoms with van der Waals surface area (Å²) < 4.78 is 55.4. The van der Waals surface area contributed by atoms with Gasteiger partial charge in [-0.2, -0.15) is 0 Å². The number of rotatable bonds is 15. The van der Waals surface area contributed by atoms with Gasteiger partial charge >= 0.3 is 0 Å². The van der Waals surface area contributed by atoms with Crippen molar-refractivity contribution < 1.29 is 175 Å². The molecule has 7 aliphatic rings. The summed E-state index contributed by atoms with van der Waals surface area (Å²) in [7, 11) is 0. The van der Waals surface area contributed by atoms with Gasteiger partial charge in [0.25, 0.3) is 0 Å². The summed E-state index contributed by atoms with van der Waals surface area (Å²) in [6.45, 7) is -3.58. The average Bonchev–Trinajstić information content (AvgIpc) is 2.43. The van der Waals surface area contributed by atoms with Gasteiger partial charge in [-0.05, 0) is 6.08 Å². The number of amides is 1. The molecule has 0 spiro atoms. The van der Waals surface area contributed by atoms with E-state index in [4.69, 9.17) is 47.4 Å². The van der Waals surface area contributed by atoms with Gasteiger partial charge in [-0.15, -0.1) is 5.10 Å². The van der Waals surface area contributed by atoms with Crippen molar-refractivity contribution >= 4 is 5.91 Å². The molecule has 498 valence electrons. The maximum Gasteiger partial charge on any atom is 0.243 e. The van der Waals surface area contributed by atoms with Crippen molar-refractivity contribution in [3.63, 3.8) is 0 Å². The first kappa shape index (κ1) is 72.4. The Morgan fingerprint density at radius 3 is 1.11 bits per heavy atom. The van der Waals surface area contributed by atoms with Gasteiger partial charge in [0.15, 0.2) is 64.9 Å². The maximum absolute atomic E-state index is 11.7. The van der Waals surface area contributed by atoms with Crippen molar-refractivity contribution in [3.8, 4) is 0 Å². The number of aromatic nitrogens is 3. The van der Waals surface area contributed by atoms with Crippen LogP contribution in [0.5, 0.6) is 0 Å². The number of nitrogens with zero attached hydrogens (tertiary/aromatic N) is 3. The molecule has 23 atom stereocenters. The van der Waals surface area contributed by atoms with E-state index < -0.39 is 266 Å². The van der Waals surface area contributed by atoms with Crippen molar-refractivity contribution in [2.45, 2.75) is 180 Å². The first-order valence-electron chi connectivity index (χ1n) is 26.5. The van der Waals surface area contributed by atoms with Gasteiger partial charge in [0.1, 0.15) is 103 Å². The molecule has 3 saturated heterocycles. The Hall–Kier alpha value is -5.33. The van der Waals surface area contributed by atoms with Crippen molar-refractivity contribution in [2.24, 2.45) is 0 Å². The number of hydrogen-bond acceptors (Lipinski definition) is 37. The van der Waals surface area contributed by atoms with Crippen LogP contribution in [0, 0.1) is 0 Å². The minimum Gasteiger partial charge on any atom is -0.506 e. The molecule has 0 aromatic carbocycles. The Morgan fingerprint density at radius 1 is 0.448 bits per heavy atom. The number of fused-ring (bicyclic) bond motifs is 3. The van der Waals surface area contributed by atoms with Crippen LogP contribution in [-0.4, -0.2) is 325 Å². The highest BCUT2D eigenvalue weighted by Gasteiger charge is 2.53. The van der Waals surface area contributed by atoms with Crippen LogP contribution < -0.4 is 5.32 Å². The molecule has 0 radical (unpaired) electrons. The number of carbonyl (C=O) groups excluding carboxylic acids is 1. The molecule has 0 aliphatic carbocycles. The van der Waals surface area contributed by atoms with E-state index >= 15 is 0 Å². The van der Waals surface area contributed by atoms with Crippen LogP contribution in [0.1, 0.15) is 31.4 Å². The Kier molecular flexibility index (Phi) is 27.9. The summed E-state index contributed by atoms with van der Waals surface area (Å²) in [6, 6.07) is 0.